The standard InChI is InChI=1S/C18H30N2O/c1-5-12-20(13-6-2)18(21)11-14-19(7-3)17-10-8-9-16(4)15-17/h8-10,15H,5-7,11-14H2,1-4H3. The number of carbonyl (C=O) groups excluding carboxylic acids is 1. The van der Waals surface area contributed by atoms with E-state index in [9.17, 15) is 4.79 Å². The van der Waals surface area contributed by atoms with E-state index in [2.05, 4.69) is 56.9 Å². The molecule has 0 bridgehead atoms. The van der Waals surface area contributed by atoms with Gasteiger partial charge in [0.15, 0.2) is 0 Å². The molecule has 0 aliphatic carbocycles. The third kappa shape index (κ3) is 5.78. The SMILES string of the molecule is CCCN(CCC)C(=O)CCN(CC)c1cccc(C)c1. The summed E-state index contributed by atoms with van der Waals surface area (Å²) in [4.78, 5) is 16.6. The molecule has 118 valence electrons. The van der Waals surface area contributed by atoms with Gasteiger partial charge in [0.05, 0.1) is 0 Å². The zero-order chi connectivity index (χ0) is 15.7. The molecule has 0 radical (unpaired) electrons. The first-order valence-electron chi connectivity index (χ1n) is 8.21. The van der Waals surface area contributed by atoms with Crippen LogP contribution < -0.4 is 4.90 Å². The first kappa shape index (κ1) is 17.5. The molecule has 0 aliphatic heterocycles. The summed E-state index contributed by atoms with van der Waals surface area (Å²) in [5.41, 5.74) is 2.47. The number of benzene rings is 1. The van der Waals surface area contributed by atoms with E-state index >= 15 is 0 Å². The molecule has 1 aromatic rings. The normalized spacial score (nSPS) is 10.5. The number of rotatable bonds is 9. The minimum atomic E-state index is 0.282. The topological polar surface area (TPSA) is 23.6 Å². The van der Waals surface area contributed by atoms with Crippen LogP contribution in [0.25, 0.3) is 0 Å². The van der Waals surface area contributed by atoms with Crippen LogP contribution in [0.15, 0.2) is 24.3 Å². The van der Waals surface area contributed by atoms with Gasteiger partial charge in [-0.05, 0) is 44.4 Å². The van der Waals surface area contributed by atoms with Crippen molar-refractivity contribution in [1.82, 2.24) is 4.90 Å². The zero-order valence-corrected chi connectivity index (χ0v) is 14.1. The summed E-state index contributed by atoms with van der Waals surface area (Å²) < 4.78 is 0. The van der Waals surface area contributed by atoms with Gasteiger partial charge in [-0.15, -0.1) is 0 Å². The molecule has 0 saturated heterocycles. The van der Waals surface area contributed by atoms with Crippen molar-refractivity contribution in [1.29, 1.82) is 0 Å². The summed E-state index contributed by atoms with van der Waals surface area (Å²) in [6.45, 7) is 12.0. The summed E-state index contributed by atoms with van der Waals surface area (Å²) in [5.74, 6) is 0.282. The fourth-order valence-electron chi connectivity index (χ4n) is 2.58. The van der Waals surface area contributed by atoms with Crippen molar-refractivity contribution in [2.75, 3.05) is 31.1 Å². The lowest BCUT2D eigenvalue weighted by Crippen LogP contribution is -2.35. The Kier molecular flexibility index (Phi) is 7.88. The number of nitrogens with zero attached hydrogens (tertiary/aromatic N) is 2. The first-order chi connectivity index (χ1) is 10.1. The van der Waals surface area contributed by atoms with Crippen LogP contribution >= 0.6 is 0 Å². The largest absolute Gasteiger partial charge is 0.371 e. The molecule has 0 saturated carbocycles. The van der Waals surface area contributed by atoms with E-state index in [0.29, 0.717) is 6.42 Å². The molecule has 0 fully saturated rings. The van der Waals surface area contributed by atoms with Gasteiger partial charge in [0, 0.05) is 38.3 Å². The molecule has 1 aromatic carbocycles. The second-order valence-corrected chi connectivity index (χ2v) is 5.55. The molecule has 21 heavy (non-hydrogen) atoms. The zero-order valence-electron chi connectivity index (χ0n) is 14.1. The van der Waals surface area contributed by atoms with Crippen LogP contribution in [-0.4, -0.2) is 37.0 Å². The summed E-state index contributed by atoms with van der Waals surface area (Å²) in [6.07, 6.45) is 2.66. The van der Waals surface area contributed by atoms with E-state index in [0.717, 1.165) is 39.0 Å². The van der Waals surface area contributed by atoms with Gasteiger partial charge in [0.1, 0.15) is 0 Å². The Morgan fingerprint density at radius 3 is 2.24 bits per heavy atom. The molecule has 0 heterocycles. The van der Waals surface area contributed by atoms with E-state index in [1.807, 2.05) is 4.90 Å². The Balaban J connectivity index is 2.59. The van der Waals surface area contributed by atoms with Crippen molar-refractivity contribution in [3.05, 3.63) is 29.8 Å². The lowest BCUT2D eigenvalue weighted by atomic mass is 10.2. The van der Waals surface area contributed by atoms with Crippen LogP contribution in [-0.2, 0) is 4.79 Å². The van der Waals surface area contributed by atoms with Crippen LogP contribution in [0.4, 0.5) is 5.69 Å². The predicted molar refractivity (Wildman–Crippen MR) is 90.8 cm³/mol. The Bertz CT molecular complexity index is 425. The third-order valence-electron chi connectivity index (χ3n) is 3.68. The van der Waals surface area contributed by atoms with Gasteiger partial charge in [-0.2, -0.15) is 0 Å². The van der Waals surface area contributed by atoms with Crippen molar-refractivity contribution in [2.24, 2.45) is 0 Å². The van der Waals surface area contributed by atoms with Crippen molar-refractivity contribution in [2.45, 2.75) is 47.0 Å². The summed E-state index contributed by atoms with van der Waals surface area (Å²) >= 11 is 0. The van der Waals surface area contributed by atoms with E-state index in [1.54, 1.807) is 0 Å². The molecule has 3 heteroatoms. The molecule has 0 N–H and O–H groups in total. The molecular formula is C18H30N2O. The van der Waals surface area contributed by atoms with Gasteiger partial charge < -0.3 is 9.80 Å². The van der Waals surface area contributed by atoms with Crippen LogP contribution in [0.5, 0.6) is 0 Å². The Morgan fingerprint density at radius 2 is 1.71 bits per heavy atom. The van der Waals surface area contributed by atoms with Crippen molar-refractivity contribution in [3.63, 3.8) is 0 Å². The maximum Gasteiger partial charge on any atom is 0.224 e. The van der Waals surface area contributed by atoms with Crippen molar-refractivity contribution >= 4 is 11.6 Å². The van der Waals surface area contributed by atoms with Crippen LogP contribution in [0.3, 0.4) is 0 Å². The predicted octanol–water partition coefficient (Wildman–Crippen LogP) is 3.86. The highest BCUT2D eigenvalue weighted by Crippen LogP contribution is 2.16. The number of anilines is 1. The highest BCUT2D eigenvalue weighted by molar-refractivity contribution is 5.76. The van der Waals surface area contributed by atoms with Gasteiger partial charge in [-0.25, -0.2) is 0 Å². The molecule has 0 spiro atoms. The Labute approximate surface area is 129 Å². The van der Waals surface area contributed by atoms with Gasteiger partial charge >= 0.3 is 0 Å². The lowest BCUT2D eigenvalue weighted by Gasteiger charge is -2.26. The monoisotopic (exact) mass is 290 g/mol. The Morgan fingerprint density at radius 1 is 1.05 bits per heavy atom. The lowest BCUT2D eigenvalue weighted by molar-refractivity contribution is -0.131. The number of hydrogen-bond donors (Lipinski definition) is 0. The number of carbonyl (C=O) groups is 1. The molecule has 0 atom stereocenters. The van der Waals surface area contributed by atoms with E-state index in [4.69, 9.17) is 0 Å². The molecular weight excluding hydrogens is 260 g/mol. The third-order valence-corrected chi connectivity index (χ3v) is 3.68. The van der Waals surface area contributed by atoms with Crippen LogP contribution in [0, 0.1) is 6.92 Å². The highest BCUT2D eigenvalue weighted by Gasteiger charge is 2.13. The average molecular weight is 290 g/mol. The van der Waals surface area contributed by atoms with Crippen molar-refractivity contribution in [3.8, 4) is 0 Å². The second-order valence-electron chi connectivity index (χ2n) is 5.55. The second kappa shape index (κ2) is 9.43. The molecule has 3 nitrogen and oxygen atoms in total. The summed E-state index contributed by atoms with van der Waals surface area (Å²) in [7, 11) is 0. The fourth-order valence-corrected chi connectivity index (χ4v) is 2.58. The quantitative estimate of drug-likeness (QED) is 0.689. The highest BCUT2D eigenvalue weighted by atomic mass is 16.2. The van der Waals surface area contributed by atoms with Crippen LogP contribution in [0.2, 0.25) is 0 Å². The van der Waals surface area contributed by atoms with Gasteiger partial charge in [0.2, 0.25) is 5.91 Å². The number of aryl methyl sites for hydroxylation is 1. The van der Waals surface area contributed by atoms with Gasteiger partial charge in [0.25, 0.3) is 0 Å². The molecule has 0 unspecified atom stereocenters. The van der Waals surface area contributed by atoms with E-state index in [1.165, 1.54) is 11.3 Å². The maximum absolute atomic E-state index is 12.3. The van der Waals surface area contributed by atoms with Crippen molar-refractivity contribution < 1.29 is 4.79 Å². The molecule has 1 rings (SSSR count). The van der Waals surface area contributed by atoms with Gasteiger partial charge in [-0.3, -0.25) is 4.79 Å². The average Bonchev–Trinajstić information content (AvgIpc) is 2.47. The number of amides is 1. The molecule has 1 amide bonds. The summed E-state index contributed by atoms with van der Waals surface area (Å²) in [6, 6.07) is 8.49. The van der Waals surface area contributed by atoms with Crippen LogP contribution in [0.1, 0.15) is 45.6 Å². The van der Waals surface area contributed by atoms with E-state index in [-0.39, 0.29) is 5.91 Å². The maximum atomic E-state index is 12.3. The summed E-state index contributed by atoms with van der Waals surface area (Å²) in [5, 5.41) is 0. The number of hydrogen-bond acceptors (Lipinski definition) is 2. The fraction of sp³-hybridized carbons (Fsp3) is 0.611. The molecule has 0 aliphatic rings. The first-order valence-corrected chi connectivity index (χ1v) is 8.21. The minimum Gasteiger partial charge on any atom is -0.371 e. The molecule has 0 aromatic heterocycles. The smallest absolute Gasteiger partial charge is 0.224 e. The van der Waals surface area contributed by atoms with Gasteiger partial charge in [-0.1, -0.05) is 26.0 Å². The minimum absolute atomic E-state index is 0.282. The Hall–Kier alpha value is -1.51. The van der Waals surface area contributed by atoms with E-state index < -0.39 is 0 Å².